The summed E-state index contributed by atoms with van der Waals surface area (Å²) in [5, 5.41) is 0. The van der Waals surface area contributed by atoms with Crippen LogP contribution in [0.15, 0.2) is 121 Å². The first-order valence-electron chi connectivity index (χ1n) is 19.8. The first kappa shape index (κ1) is 40.8. The monoisotopic (exact) mass is 722 g/mol. The molecular formula is C47H62O6. The van der Waals surface area contributed by atoms with Crippen molar-refractivity contribution in [1.29, 1.82) is 0 Å². The summed E-state index contributed by atoms with van der Waals surface area (Å²) in [5.74, 6) is 0.596. The van der Waals surface area contributed by atoms with Crippen LogP contribution in [0.5, 0.6) is 0 Å². The fourth-order valence-corrected chi connectivity index (χ4v) is 6.99. The lowest BCUT2D eigenvalue weighted by Gasteiger charge is -2.31. The lowest BCUT2D eigenvalue weighted by Crippen LogP contribution is -2.47. The van der Waals surface area contributed by atoms with Crippen molar-refractivity contribution in [2.45, 2.75) is 123 Å². The van der Waals surface area contributed by atoms with E-state index in [9.17, 15) is 0 Å². The van der Waals surface area contributed by atoms with Crippen LogP contribution in [0, 0.1) is 11.8 Å². The maximum atomic E-state index is 7.04. The van der Waals surface area contributed by atoms with E-state index in [2.05, 4.69) is 76.2 Å². The van der Waals surface area contributed by atoms with Crippen molar-refractivity contribution in [3.05, 3.63) is 144 Å². The van der Waals surface area contributed by atoms with Gasteiger partial charge in [-0.1, -0.05) is 168 Å². The summed E-state index contributed by atoms with van der Waals surface area (Å²) >= 11 is 0. The van der Waals surface area contributed by atoms with Gasteiger partial charge >= 0.3 is 0 Å². The molecule has 1 unspecified atom stereocenters. The highest BCUT2D eigenvalue weighted by molar-refractivity contribution is 5.16. The summed E-state index contributed by atoms with van der Waals surface area (Å²) in [6.07, 6.45) is 5.00. The third kappa shape index (κ3) is 14.4. The molecule has 0 N–H and O–H groups in total. The van der Waals surface area contributed by atoms with E-state index in [0.717, 1.165) is 47.4 Å². The molecule has 0 aromatic heterocycles. The molecule has 0 bridgehead atoms. The smallest absolute Gasteiger partial charge is 0.166 e. The predicted molar refractivity (Wildman–Crippen MR) is 212 cm³/mol. The van der Waals surface area contributed by atoms with Crippen LogP contribution in [-0.4, -0.2) is 43.4 Å². The van der Waals surface area contributed by atoms with Crippen molar-refractivity contribution in [2.24, 2.45) is 11.8 Å². The molecule has 1 fully saturated rings. The molecule has 0 amide bonds. The molecule has 0 saturated carbocycles. The van der Waals surface area contributed by atoms with Gasteiger partial charge in [-0.05, 0) is 47.4 Å². The molecule has 5 atom stereocenters. The number of ether oxygens (including phenoxy) is 6. The van der Waals surface area contributed by atoms with Gasteiger partial charge in [-0.3, -0.25) is 0 Å². The van der Waals surface area contributed by atoms with Gasteiger partial charge < -0.3 is 28.4 Å². The van der Waals surface area contributed by atoms with E-state index in [4.69, 9.17) is 28.4 Å². The van der Waals surface area contributed by atoms with Crippen LogP contribution in [-0.2, 0) is 54.8 Å². The molecule has 4 aromatic carbocycles. The summed E-state index contributed by atoms with van der Waals surface area (Å²) in [4.78, 5) is 0. The number of hydrogen-bond acceptors (Lipinski definition) is 6. The molecule has 0 spiro atoms. The second kappa shape index (κ2) is 22.1. The molecule has 6 heteroatoms. The van der Waals surface area contributed by atoms with E-state index in [0.29, 0.717) is 45.6 Å². The van der Waals surface area contributed by atoms with Gasteiger partial charge in [-0.15, -0.1) is 0 Å². The third-order valence-corrected chi connectivity index (χ3v) is 10.0. The second-order valence-corrected chi connectivity index (χ2v) is 15.3. The first-order valence-corrected chi connectivity index (χ1v) is 19.8. The Morgan fingerprint density at radius 1 is 0.509 bits per heavy atom. The summed E-state index contributed by atoms with van der Waals surface area (Å²) < 4.78 is 40.3. The summed E-state index contributed by atoms with van der Waals surface area (Å²) in [7, 11) is 0. The van der Waals surface area contributed by atoms with Crippen molar-refractivity contribution >= 4 is 0 Å². The minimum absolute atomic E-state index is 0.339. The van der Waals surface area contributed by atoms with Crippen molar-refractivity contribution in [2.75, 3.05) is 13.2 Å². The molecular weight excluding hydrogens is 661 g/mol. The quantitative estimate of drug-likeness (QED) is 0.0718. The lowest BCUT2D eigenvalue weighted by atomic mass is 9.94. The highest BCUT2D eigenvalue weighted by atomic mass is 16.8. The van der Waals surface area contributed by atoms with Crippen LogP contribution in [0.25, 0.3) is 0 Å². The number of hydrogen-bond donors (Lipinski definition) is 0. The summed E-state index contributed by atoms with van der Waals surface area (Å²) in [6, 6.07) is 41.0. The minimum atomic E-state index is -0.811. The lowest BCUT2D eigenvalue weighted by molar-refractivity contribution is -0.189. The van der Waals surface area contributed by atoms with E-state index in [-0.39, 0.29) is 0 Å². The van der Waals surface area contributed by atoms with Gasteiger partial charge in [0.2, 0.25) is 0 Å². The zero-order valence-electron chi connectivity index (χ0n) is 32.4. The van der Waals surface area contributed by atoms with Gasteiger partial charge in [0.1, 0.15) is 24.4 Å². The zero-order chi connectivity index (χ0) is 37.1. The molecule has 6 nitrogen and oxygen atoms in total. The Kier molecular flexibility index (Phi) is 17.0. The highest BCUT2D eigenvalue weighted by Crippen LogP contribution is 2.38. The van der Waals surface area contributed by atoms with E-state index in [1.54, 1.807) is 0 Å². The van der Waals surface area contributed by atoms with Crippen LogP contribution in [0.2, 0.25) is 0 Å². The molecule has 1 saturated heterocycles. The van der Waals surface area contributed by atoms with Crippen molar-refractivity contribution in [3.63, 3.8) is 0 Å². The highest BCUT2D eigenvalue weighted by Gasteiger charge is 2.51. The van der Waals surface area contributed by atoms with Crippen LogP contribution in [0.4, 0.5) is 0 Å². The van der Waals surface area contributed by atoms with Gasteiger partial charge in [-0.2, -0.15) is 0 Å². The average molecular weight is 723 g/mol. The molecule has 286 valence electrons. The Bertz CT molecular complexity index is 1420. The standard InChI is InChI=1S/C47H62O6/c1-37(2)19-17-20-38(3)21-18-30-47(4)52-45(43(50-33-41-26-13-7-14-27-41)35-48-31-39-22-9-5-10-23-39)46(53-47)44(51-34-42-28-15-8-16-29-42)36-49-32-40-24-11-6-12-25-40/h5-16,22-29,37-38,43-46H,17-21,30-36H2,1-4H3/t38?,43-,44-,45-,46-/m1/s1. The maximum Gasteiger partial charge on any atom is 0.166 e. The Labute approximate surface area is 319 Å². The van der Waals surface area contributed by atoms with Crippen LogP contribution < -0.4 is 0 Å². The predicted octanol–water partition coefficient (Wildman–Crippen LogP) is 10.7. The summed E-state index contributed by atoms with van der Waals surface area (Å²) in [5.41, 5.74) is 4.40. The normalized spacial score (nSPS) is 20.4. The maximum absolute atomic E-state index is 7.04. The third-order valence-electron chi connectivity index (χ3n) is 10.0. The van der Waals surface area contributed by atoms with Crippen molar-refractivity contribution in [1.82, 2.24) is 0 Å². The van der Waals surface area contributed by atoms with E-state index < -0.39 is 30.2 Å². The SMILES string of the molecule is CC(C)CCCC(C)CCCC1(C)O[C@H]([C@@H](COCc2ccccc2)OCc2ccccc2)[C@@H]([C@@H](COCc2ccccc2)OCc2ccccc2)O1. The molecule has 53 heavy (non-hydrogen) atoms. The largest absolute Gasteiger partial charge is 0.374 e. The van der Waals surface area contributed by atoms with E-state index in [1.807, 2.05) is 72.8 Å². The zero-order valence-corrected chi connectivity index (χ0v) is 32.4. The van der Waals surface area contributed by atoms with E-state index >= 15 is 0 Å². The Balaban J connectivity index is 1.36. The van der Waals surface area contributed by atoms with E-state index in [1.165, 1.54) is 19.3 Å². The molecule has 1 aliphatic heterocycles. The molecule has 1 heterocycles. The van der Waals surface area contributed by atoms with Gasteiger partial charge in [0.05, 0.1) is 39.6 Å². The Hall–Kier alpha value is -3.36. The van der Waals surface area contributed by atoms with Crippen LogP contribution in [0.1, 0.15) is 88.5 Å². The molecule has 4 aromatic rings. The molecule has 0 radical (unpaired) electrons. The summed E-state index contributed by atoms with van der Waals surface area (Å²) in [6.45, 7) is 11.6. The van der Waals surface area contributed by atoms with Crippen LogP contribution in [0.3, 0.4) is 0 Å². The minimum Gasteiger partial charge on any atom is -0.374 e. The number of benzene rings is 4. The second-order valence-electron chi connectivity index (χ2n) is 15.3. The average Bonchev–Trinajstić information content (AvgIpc) is 3.52. The van der Waals surface area contributed by atoms with Gasteiger partial charge in [-0.25, -0.2) is 0 Å². The fraction of sp³-hybridized carbons (Fsp3) is 0.489. The van der Waals surface area contributed by atoms with Gasteiger partial charge in [0.15, 0.2) is 5.79 Å². The Morgan fingerprint density at radius 2 is 0.887 bits per heavy atom. The number of rotatable bonds is 24. The van der Waals surface area contributed by atoms with Crippen molar-refractivity contribution in [3.8, 4) is 0 Å². The van der Waals surface area contributed by atoms with Crippen molar-refractivity contribution < 1.29 is 28.4 Å². The molecule has 1 aliphatic rings. The fourth-order valence-electron chi connectivity index (χ4n) is 6.99. The van der Waals surface area contributed by atoms with Crippen LogP contribution >= 0.6 is 0 Å². The first-order chi connectivity index (χ1) is 25.9. The van der Waals surface area contributed by atoms with Gasteiger partial charge in [0, 0.05) is 6.42 Å². The van der Waals surface area contributed by atoms with Gasteiger partial charge in [0.25, 0.3) is 0 Å². The Morgan fingerprint density at radius 3 is 1.28 bits per heavy atom. The molecule has 0 aliphatic carbocycles. The topological polar surface area (TPSA) is 55.4 Å². The molecule has 5 rings (SSSR count).